The van der Waals surface area contributed by atoms with Gasteiger partial charge in [-0.25, -0.2) is 4.68 Å². The zero-order chi connectivity index (χ0) is 28.1. The van der Waals surface area contributed by atoms with Crippen LogP contribution in [0.4, 0.5) is 5.82 Å². The zero-order valence-electron chi connectivity index (χ0n) is 25.2. The van der Waals surface area contributed by atoms with E-state index in [1.54, 1.807) is 4.68 Å². The highest BCUT2D eigenvalue weighted by Gasteiger charge is 2.45. The second kappa shape index (κ2) is 13.0. The maximum atomic E-state index is 6.92. The molecule has 0 radical (unpaired) electrons. The minimum absolute atomic E-state index is 0.0937. The summed E-state index contributed by atoms with van der Waals surface area (Å²) in [5.41, 5.74) is 10.7. The largest absolute Gasteiger partial charge is 0.491 e. The van der Waals surface area contributed by atoms with Crippen molar-refractivity contribution in [1.82, 2.24) is 9.78 Å². The van der Waals surface area contributed by atoms with Crippen LogP contribution in [-0.2, 0) is 25.9 Å². The van der Waals surface area contributed by atoms with E-state index in [1.807, 2.05) is 12.1 Å². The molecule has 1 fully saturated rings. The van der Waals surface area contributed by atoms with Crippen molar-refractivity contribution in [3.63, 3.8) is 0 Å². The molecule has 1 aliphatic heterocycles. The van der Waals surface area contributed by atoms with Crippen molar-refractivity contribution in [1.29, 1.82) is 0 Å². The summed E-state index contributed by atoms with van der Waals surface area (Å²) in [7, 11) is -2.03. The van der Waals surface area contributed by atoms with Crippen LogP contribution in [0.2, 0.25) is 16.6 Å². The lowest BCUT2D eigenvalue weighted by Gasteiger charge is -2.42. The Morgan fingerprint density at radius 1 is 1.03 bits per heavy atom. The first-order valence-corrected chi connectivity index (χ1v) is 16.5. The molecule has 2 aromatic rings. The van der Waals surface area contributed by atoms with E-state index in [0.717, 1.165) is 48.6 Å². The number of hydrogen-bond donors (Lipinski definition) is 1. The topological polar surface area (TPSA) is 80.8 Å². The van der Waals surface area contributed by atoms with Crippen LogP contribution >= 0.6 is 0 Å². The number of nitrogens with zero attached hydrogens (tertiary/aromatic N) is 2. The molecule has 2 heterocycles. The van der Waals surface area contributed by atoms with E-state index < -0.39 is 8.32 Å². The Morgan fingerprint density at radius 2 is 1.71 bits per heavy atom. The summed E-state index contributed by atoms with van der Waals surface area (Å²) in [4.78, 5) is 0. The van der Waals surface area contributed by atoms with Gasteiger partial charge in [-0.3, -0.25) is 0 Å². The first-order chi connectivity index (χ1) is 17.9. The number of ether oxygens (including phenoxy) is 3. The lowest BCUT2D eigenvalue weighted by atomic mass is 9.92. The van der Waals surface area contributed by atoms with Gasteiger partial charge in [0.15, 0.2) is 6.29 Å². The normalized spacial score (nSPS) is 17.1. The fourth-order valence-electron chi connectivity index (χ4n) is 5.77. The number of hydrogen-bond acceptors (Lipinski definition) is 6. The van der Waals surface area contributed by atoms with Crippen LogP contribution in [0.1, 0.15) is 92.8 Å². The van der Waals surface area contributed by atoms with Gasteiger partial charge in [0, 0.05) is 29.7 Å². The molecule has 8 heteroatoms. The van der Waals surface area contributed by atoms with Crippen molar-refractivity contribution in [2.75, 3.05) is 25.6 Å². The van der Waals surface area contributed by atoms with Crippen LogP contribution in [-0.4, -0.2) is 44.2 Å². The molecule has 2 N–H and O–H groups in total. The third-order valence-electron chi connectivity index (χ3n) is 7.77. The van der Waals surface area contributed by atoms with Crippen LogP contribution in [0.25, 0.3) is 5.69 Å². The number of aromatic nitrogens is 2. The molecule has 1 saturated heterocycles. The van der Waals surface area contributed by atoms with E-state index in [2.05, 4.69) is 74.4 Å². The number of nitrogens with two attached hydrogens (primary N) is 1. The number of rotatable bonds is 12. The zero-order valence-corrected chi connectivity index (χ0v) is 26.2. The molecular weight excluding hydrogens is 494 g/mol. The van der Waals surface area contributed by atoms with E-state index >= 15 is 0 Å². The highest BCUT2D eigenvalue weighted by atomic mass is 28.4. The van der Waals surface area contributed by atoms with Crippen molar-refractivity contribution in [3.8, 4) is 11.4 Å². The summed E-state index contributed by atoms with van der Waals surface area (Å²) >= 11 is 0. The summed E-state index contributed by atoms with van der Waals surface area (Å²) < 4.78 is 26.7. The fraction of sp³-hybridized carbons (Fsp3) is 0.700. The first kappa shape index (κ1) is 30.7. The van der Waals surface area contributed by atoms with Crippen molar-refractivity contribution in [3.05, 3.63) is 35.5 Å². The lowest BCUT2D eigenvalue weighted by Crippen LogP contribution is -2.47. The molecule has 0 amide bonds. The Morgan fingerprint density at radius 3 is 2.26 bits per heavy atom. The van der Waals surface area contributed by atoms with Crippen molar-refractivity contribution < 1.29 is 18.6 Å². The molecule has 1 aliphatic rings. The van der Waals surface area contributed by atoms with Gasteiger partial charge in [0.1, 0.15) is 18.2 Å². The van der Waals surface area contributed by atoms with Crippen molar-refractivity contribution >= 4 is 14.1 Å². The Kier molecular flexibility index (Phi) is 10.5. The second-order valence-corrected chi connectivity index (χ2v) is 18.0. The Bertz CT molecular complexity index is 1000. The van der Waals surface area contributed by atoms with Gasteiger partial charge in [0.25, 0.3) is 0 Å². The molecule has 1 aromatic heterocycles. The average molecular weight is 546 g/mol. The molecule has 1 aromatic carbocycles. The molecule has 0 aliphatic carbocycles. The van der Waals surface area contributed by atoms with Gasteiger partial charge in [-0.05, 0) is 42.0 Å². The molecule has 1 atom stereocenters. The SMILES string of the molecule is CC(C)[Si](OCc1ccc(-n2nc(C(C)(C)C)cc2N)cc1OCCOC1CCCCO1)(C(C)C)C(C)C. The predicted molar refractivity (Wildman–Crippen MR) is 158 cm³/mol. The van der Waals surface area contributed by atoms with E-state index in [4.69, 9.17) is 29.5 Å². The minimum atomic E-state index is -2.03. The van der Waals surface area contributed by atoms with Gasteiger partial charge in [0.2, 0.25) is 8.32 Å². The molecule has 3 rings (SSSR count). The number of nitrogen functional groups attached to an aromatic ring is 1. The molecule has 0 spiro atoms. The molecule has 1 unspecified atom stereocenters. The Balaban J connectivity index is 1.85. The lowest BCUT2D eigenvalue weighted by molar-refractivity contribution is -0.165. The van der Waals surface area contributed by atoms with Crippen LogP contribution < -0.4 is 10.5 Å². The van der Waals surface area contributed by atoms with Crippen LogP contribution in [0.3, 0.4) is 0 Å². The smallest absolute Gasteiger partial charge is 0.200 e. The van der Waals surface area contributed by atoms with Gasteiger partial charge in [-0.2, -0.15) is 5.10 Å². The van der Waals surface area contributed by atoms with Gasteiger partial charge < -0.3 is 24.4 Å². The van der Waals surface area contributed by atoms with Gasteiger partial charge in [0.05, 0.1) is 24.6 Å². The van der Waals surface area contributed by atoms with E-state index in [-0.39, 0.29) is 11.7 Å². The van der Waals surface area contributed by atoms with Crippen LogP contribution in [0.15, 0.2) is 24.3 Å². The summed E-state index contributed by atoms with van der Waals surface area (Å²) in [5, 5.41) is 4.81. The Labute approximate surface area is 231 Å². The molecule has 0 saturated carbocycles. The predicted octanol–water partition coefficient (Wildman–Crippen LogP) is 7.37. The van der Waals surface area contributed by atoms with E-state index in [9.17, 15) is 0 Å². The van der Waals surface area contributed by atoms with E-state index in [0.29, 0.717) is 42.3 Å². The quantitative estimate of drug-likeness (QED) is 0.222. The maximum absolute atomic E-state index is 6.92. The Hall–Kier alpha value is -1.87. The van der Waals surface area contributed by atoms with Gasteiger partial charge in [-0.1, -0.05) is 68.4 Å². The summed E-state index contributed by atoms with van der Waals surface area (Å²) in [6.07, 6.45) is 3.06. The second-order valence-electron chi connectivity index (χ2n) is 12.5. The first-order valence-electron chi connectivity index (χ1n) is 14.4. The van der Waals surface area contributed by atoms with Gasteiger partial charge in [-0.15, -0.1) is 0 Å². The highest BCUT2D eigenvalue weighted by Crippen LogP contribution is 2.43. The standard InChI is InChI=1S/C30H51N3O4Si/c1-21(2)38(22(3)4,23(5)6)37-20-24-13-14-25(33-28(31)19-27(32-33)30(7,8)9)18-26(24)34-16-17-36-29-12-10-11-15-35-29/h13-14,18-19,21-23,29H,10-12,15-17,20,31H2,1-9H3. The number of benzene rings is 1. The third-order valence-corrected chi connectivity index (χ3v) is 13.8. The molecule has 38 heavy (non-hydrogen) atoms. The number of anilines is 1. The minimum Gasteiger partial charge on any atom is -0.491 e. The molecular formula is C30H51N3O4Si. The highest BCUT2D eigenvalue weighted by molar-refractivity contribution is 6.77. The van der Waals surface area contributed by atoms with Crippen LogP contribution in [0, 0.1) is 0 Å². The van der Waals surface area contributed by atoms with Crippen LogP contribution in [0.5, 0.6) is 5.75 Å². The summed E-state index contributed by atoms with van der Waals surface area (Å²) in [6, 6.07) is 8.11. The van der Waals surface area contributed by atoms with E-state index in [1.165, 1.54) is 0 Å². The summed E-state index contributed by atoms with van der Waals surface area (Å²) in [5.74, 6) is 1.38. The third kappa shape index (κ3) is 7.20. The monoisotopic (exact) mass is 545 g/mol. The molecule has 0 bridgehead atoms. The van der Waals surface area contributed by atoms with Gasteiger partial charge >= 0.3 is 0 Å². The average Bonchev–Trinajstić information content (AvgIpc) is 3.25. The summed E-state index contributed by atoms with van der Waals surface area (Å²) in [6.45, 7) is 22.5. The molecule has 214 valence electrons. The van der Waals surface area contributed by atoms with Crippen molar-refractivity contribution in [2.24, 2.45) is 0 Å². The van der Waals surface area contributed by atoms with Crippen molar-refractivity contribution in [2.45, 2.75) is 117 Å². The maximum Gasteiger partial charge on any atom is 0.200 e. The molecule has 7 nitrogen and oxygen atoms in total. The fourth-order valence-corrected chi connectivity index (χ4v) is 11.2.